The third-order valence-corrected chi connectivity index (χ3v) is 7.54. The Balaban J connectivity index is 1.63. The predicted octanol–water partition coefficient (Wildman–Crippen LogP) is 5.83. The molecule has 0 aromatic heterocycles. The largest absolute Gasteiger partial charge is 0.384 e. The minimum Gasteiger partial charge on any atom is -0.384 e. The van der Waals surface area contributed by atoms with E-state index in [0.717, 1.165) is 32.4 Å². The second-order valence-electron chi connectivity index (χ2n) is 9.15. The molecule has 0 amide bonds. The summed E-state index contributed by atoms with van der Waals surface area (Å²) in [6.07, 6.45) is 3.33. The van der Waals surface area contributed by atoms with E-state index in [1.54, 1.807) is 16.8 Å². The molecule has 1 aliphatic carbocycles. The highest BCUT2D eigenvalue weighted by Crippen LogP contribution is 2.56. The number of rotatable bonds is 3. The molecule has 3 aromatic carbocycles. The average Bonchev–Trinajstić information content (AvgIpc) is 3.22. The molecular weight excluding hydrogens is 364 g/mol. The Labute approximate surface area is 179 Å². The van der Waals surface area contributed by atoms with Gasteiger partial charge in [0.1, 0.15) is 0 Å². The van der Waals surface area contributed by atoms with Crippen LogP contribution in [0, 0.1) is 0 Å². The molecule has 30 heavy (non-hydrogen) atoms. The van der Waals surface area contributed by atoms with Crippen LogP contribution in [0.2, 0.25) is 0 Å². The van der Waals surface area contributed by atoms with Gasteiger partial charge in [-0.3, -0.25) is 0 Å². The van der Waals surface area contributed by atoms with Gasteiger partial charge in [-0.15, -0.1) is 0 Å². The molecule has 6 rings (SSSR count). The number of hydrogen-bond acceptors (Lipinski definition) is 2. The highest BCUT2D eigenvalue weighted by atomic mass is 15.1. The van der Waals surface area contributed by atoms with Gasteiger partial charge < -0.3 is 10.2 Å². The number of anilines is 1. The van der Waals surface area contributed by atoms with E-state index in [2.05, 4.69) is 96.1 Å². The van der Waals surface area contributed by atoms with E-state index < -0.39 is 0 Å². The maximum absolute atomic E-state index is 3.68. The van der Waals surface area contributed by atoms with Crippen LogP contribution in [0.1, 0.15) is 41.0 Å². The summed E-state index contributed by atoms with van der Waals surface area (Å²) in [5, 5.41) is 3.68. The third-order valence-electron chi connectivity index (χ3n) is 7.54. The quantitative estimate of drug-likeness (QED) is 0.603. The van der Waals surface area contributed by atoms with E-state index in [9.17, 15) is 0 Å². The second kappa shape index (κ2) is 6.77. The lowest BCUT2D eigenvalue weighted by Crippen LogP contribution is -2.43. The lowest BCUT2D eigenvalue weighted by atomic mass is 9.61. The maximum atomic E-state index is 3.68. The Hall–Kier alpha value is -3.00. The van der Waals surface area contributed by atoms with E-state index in [0.29, 0.717) is 5.92 Å². The molecule has 2 heteroatoms. The maximum Gasteiger partial charge on any atom is 0.0382 e. The lowest BCUT2D eigenvalue weighted by Gasteiger charge is -2.48. The fourth-order valence-electron chi connectivity index (χ4n) is 6.15. The third kappa shape index (κ3) is 2.56. The Morgan fingerprint density at radius 1 is 0.933 bits per heavy atom. The molecule has 3 aromatic rings. The molecule has 0 saturated heterocycles. The summed E-state index contributed by atoms with van der Waals surface area (Å²) >= 11 is 0. The van der Waals surface area contributed by atoms with Gasteiger partial charge >= 0.3 is 0 Å². The molecule has 3 aliphatic rings. The van der Waals surface area contributed by atoms with Crippen LogP contribution in [0.4, 0.5) is 5.69 Å². The van der Waals surface area contributed by atoms with E-state index in [1.165, 1.54) is 22.4 Å². The van der Waals surface area contributed by atoms with E-state index in [4.69, 9.17) is 0 Å². The highest BCUT2D eigenvalue weighted by Gasteiger charge is 2.46. The van der Waals surface area contributed by atoms with Crippen LogP contribution in [-0.2, 0) is 11.8 Å². The van der Waals surface area contributed by atoms with Gasteiger partial charge in [0.15, 0.2) is 0 Å². The zero-order valence-electron chi connectivity index (χ0n) is 17.6. The van der Waals surface area contributed by atoms with Gasteiger partial charge in [0, 0.05) is 42.9 Å². The van der Waals surface area contributed by atoms with Crippen molar-refractivity contribution in [3.63, 3.8) is 0 Å². The molecule has 2 heterocycles. The van der Waals surface area contributed by atoms with Gasteiger partial charge in [0.05, 0.1) is 0 Å². The summed E-state index contributed by atoms with van der Waals surface area (Å²) in [6, 6.07) is 29.2. The van der Waals surface area contributed by atoms with Crippen LogP contribution in [0.15, 0.2) is 84.6 Å². The van der Waals surface area contributed by atoms with Crippen LogP contribution in [-0.4, -0.2) is 25.0 Å². The standard InChI is InChI=1S/C28H28N2/c1-30-16-15-28(22-11-6-3-7-12-22,18-20-9-4-2-5-10-20)27-23-13-8-14-24-26(23)21(19-29-24)17-25(27)30/h2-14,21,29H,15-19H2,1H3/t21-,28?/m1/s1. The molecular formula is C28H28N2. The molecule has 2 atom stereocenters. The van der Waals surface area contributed by atoms with Crippen molar-refractivity contribution in [1.82, 2.24) is 4.90 Å². The van der Waals surface area contributed by atoms with Gasteiger partial charge in [-0.25, -0.2) is 0 Å². The van der Waals surface area contributed by atoms with Crippen molar-refractivity contribution in [1.29, 1.82) is 0 Å². The van der Waals surface area contributed by atoms with Gasteiger partial charge in [-0.2, -0.15) is 0 Å². The first-order chi connectivity index (χ1) is 14.8. The van der Waals surface area contributed by atoms with Crippen molar-refractivity contribution in [3.8, 4) is 0 Å². The molecule has 2 nitrogen and oxygen atoms in total. The normalized spacial score (nSPS) is 24.3. The Morgan fingerprint density at radius 2 is 1.70 bits per heavy atom. The first-order valence-corrected chi connectivity index (χ1v) is 11.2. The Bertz CT molecular complexity index is 1120. The molecule has 1 N–H and O–H groups in total. The van der Waals surface area contributed by atoms with Crippen LogP contribution in [0.5, 0.6) is 0 Å². The van der Waals surface area contributed by atoms with Crippen molar-refractivity contribution in [2.45, 2.75) is 30.6 Å². The fourth-order valence-corrected chi connectivity index (χ4v) is 6.15. The SMILES string of the molecule is CN1CCC(Cc2ccccc2)(c2ccccc2)C2=C1C[C@@H]1CNc3cccc2c31. The summed E-state index contributed by atoms with van der Waals surface area (Å²) in [5.41, 5.74) is 10.4. The molecule has 0 saturated carbocycles. The Morgan fingerprint density at radius 3 is 2.50 bits per heavy atom. The van der Waals surface area contributed by atoms with Crippen molar-refractivity contribution in [3.05, 3.63) is 107 Å². The number of allylic oxidation sites excluding steroid dienone is 2. The smallest absolute Gasteiger partial charge is 0.0382 e. The number of nitrogens with zero attached hydrogens (tertiary/aromatic N) is 1. The summed E-state index contributed by atoms with van der Waals surface area (Å²) in [6.45, 7) is 2.17. The molecule has 0 radical (unpaired) electrons. The van der Waals surface area contributed by atoms with Crippen molar-refractivity contribution in [2.75, 3.05) is 25.5 Å². The first kappa shape index (κ1) is 17.8. The lowest BCUT2D eigenvalue weighted by molar-refractivity contribution is 0.309. The fraction of sp³-hybridized carbons (Fsp3) is 0.286. The number of fused-ring (bicyclic) bond motifs is 1. The topological polar surface area (TPSA) is 15.3 Å². The second-order valence-corrected chi connectivity index (χ2v) is 9.15. The molecule has 0 fully saturated rings. The summed E-state index contributed by atoms with van der Waals surface area (Å²) < 4.78 is 0. The highest BCUT2D eigenvalue weighted by molar-refractivity contribution is 5.86. The molecule has 2 aliphatic heterocycles. The minimum absolute atomic E-state index is 0.00708. The predicted molar refractivity (Wildman–Crippen MR) is 125 cm³/mol. The van der Waals surface area contributed by atoms with Crippen LogP contribution < -0.4 is 5.32 Å². The van der Waals surface area contributed by atoms with E-state index >= 15 is 0 Å². The number of benzene rings is 3. The summed E-state index contributed by atoms with van der Waals surface area (Å²) in [7, 11) is 2.30. The number of hydrogen-bond donors (Lipinski definition) is 1. The van der Waals surface area contributed by atoms with Gasteiger partial charge in [-0.05, 0) is 53.2 Å². The molecule has 1 unspecified atom stereocenters. The molecule has 0 spiro atoms. The molecule has 0 bridgehead atoms. The number of nitrogens with one attached hydrogen (secondary N) is 1. The van der Waals surface area contributed by atoms with Crippen molar-refractivity contribution in [2.24, 2.45) is 0 Å². The van der Waals surface area contributed by atoms with Crippen molar-refractivity contribution >= 4 is 11.3 Å². The zero-order valence-corrected chi connectivity index (χ0v) is 17.6. The van der Waals surface area contributed by atoms with Crippen LogP contribution in [0.3, 0.4) is 0 Å². The average molecular weight is 393 g/mol. The van der Waals surface area contributed by atoms with Gasteiger partial charge in [-0.1, -0.05) is 72.8 Å². The first-order valence-electron chi connectivity index (χ1n) is 11.2. The summed E-state index contributed by atoms with van der Waals surface area (Å²) in [4.78, 5) is 2.54. The van der Waals surface area contributed by atoms with E-state index in [-0.39, 0.29) is 5.41 Å². The molecule has 150 valence electrons. The Kier molecular flexibility index (Phi) is 4.02. The summed E-state index contributed by atoms with van der Waals surface area (Å²) in [5.74, 6) is 0.598. The van der Waals surface area contributed by atoms with E-state index in [1.807, 2.05) is 0 Å². The van der Waals surface area contributed by atoms with Crippen LogP contribution >= 0.6 is 0 Å². The minimum atomic E-state index is 0.00708. The van der Waals surface area contributed by atoms with Gasteiger partial charge in [0.2, 0.25) is 0 Å². The van der Waals surface area contributed by atoms with Crippen LogP contribution in [0.25, 0.3) is 5.57 Å². The van der Waals surface area contributed by atoms with Gasteiger partial charge in [0.25, 0.3) is 0 Å². The van der Waals surface area contributed by atoms with Crippen molar-refractivity contribution < 1.29 is 0 Å². The monoisotopic (exact) mass is 392 g/mol. The zero-order chi connectivity index (χ0) is 20.1.